The van der Waals surface area contributed by atoms with E-state index in [1.807, 2.05) is 6.07 Å². The van der Waals surface area contributed by atoms with Crippen LogP contribution in [0.1, 0.15) is 12.6 Å². The van der Waals surface area contributed by atoms with Crippen LogP contribution in [0, 0.1) is 11.3 Å². The van der Waals surface area contributed by atoms with Crippen molar-refractivity contribution in [2.24, 2.45) is 0 Å². The summed E-state index contributed by atoms with van der Waals surface area (Å²) in [4.78, 5) is 0.495. The van der Waals surface area contributed by atoms with E-state index in [1.165, 1.54) is 6.20 Å². The first-order valence-corrected chi connectivity index (χ1v) is 4.43. The van der Waals surface area contributed by atoms with Crippen molar-refractivity contribution in [2.75, 3.05) is 5.75 Å². The Balaban J connectivity index is 3.05. The molecule has 0 spiro atoms. The molecule has 0 saturated carbocycles. The van der Waals surface area contributed by atoms with Gasteiger partial charge in [0.1, 0.15) is 6.07 Å². The number of H-pyrrole nitrogens is 1. The van der Waals surface area contributed by atoms with E-state index in [9.17, 15) is 4.21 Å². The van der Waals surface area contributed by atoms with Crippen molar-refractivity contribution in [3.63, 3.8) is 0 Å². The highest BCUT2D eigenvalue weighted by molar-refractivity contribution is 7.85. The maximum Gasteiger partial charge on any atom is 0.151 e. The van der Waals surface area contributed by atoms with Crippen LogP contribution in [0.2, 0.25) is 0 Å². The molecule has 4 nitrogen and oxygen atoms in total. The number of rotatable bonds is 2. The minimum atomic E-state index is -1.09. The van der Waals surface area contributed by atoms with Gasteiger partial charge in [-0.15, -0.1) is 0 Å². The number of nitriles is 1. The molecule has 1 aromatic rings. The fourth-order valence-corrected chi connectivity index (χ4v) is 1.48. The zero-order valence-corrected chi connectivity index (χ0v) is 6.81. The van der Waals surface area contributed by atoms with Crippen molar-refractivity contribution in [3.05, 3.63) is 11.9 Å². The summed E-state index contributed by atoms with van der Waals surface area (Å²) in [6.07, 6.45) is 1.43. The molecule has 0 fully saturated rings. The molecule has 0 aliphatic rings. The standard InChI is InChI=1S/C6H7N3OS/c1-2-11(10)6-4-8-9-5(6)3-7/h4H,2H2,1H3,(H,8,9). The van der Waals surface area contributed by atoms with Crippen LogP contribution in [0.15, 0.2) is 11.1 Å². The number of aromatic amines is 1. The summed E-state index contributed by atoms with van der Waals surface area (Å²) in [6, 6.07) is 1.88. The average molecular weight is 169 g/mol. The lowest BCUT2D eigenvalue weighted by molar-refractivity contribution is 0.683. The Hall–Kier alpha value is -1.15. The normalized spacial score (nSPS) is 12.4. The molecule has 0 amide bonds. The molecule has 0 radical (unpaired) electrons. The van der Waals surface area contributed by atoms with E-state index in [4.69, 9.17) is 5.26 Å². The van der Waals surface area contributed by atoms with Gasteiger partial charge < -0.3 is 0 Å². The van der Waals surface area contributed by atoms with E-state index in [1.54, 1.807) is 6.92 Å². The maximum atomic E-state index is 11.2. The van der Waals surface area contributed by atoms with Gasteiger partial charge in [0.15, 0.2) is 5.69 Å². The smallest absolute Gasteiger partial charge is 0.151 e. The summed E-state index contributed by atoms with van der Waals surface area (Å²) in [7, 11) is -1.09. The zero-order chi connectivity index (χ0) is 8.27. The lowest BCUT2D eigenvalue weighted by Crippen LogP contribution is -1.94. The molecule has 1 rings (SSSR count). The third-order valence-electron chi connectivity index (χ3n) is 1.22. The highest BCUT2D eigenvalue weighted by atomic mass is 32.2. The van der Waals surface area contributed by atoms with E-state index in [2.05, 4.69) is 10.2 Å². The first-order chi connectivity index (χ1) is 5.29. The molecule has 58 valence electrons. The molecule has 1 aromatic heterocycles. The fourth-order valence-electron chi connectivity index (χ4n) is 0.683. The molecule has 0 aliphatic carbocycles. The van der Waals surface area contributed by atoms with Gasteiger partial charge in [0.25, 0.3) is 0 Å². The molecule has 1 atom stereocenters. The zero-order valence-electron chi connectivity index (χ0n) is 6.00. The van der Waals surface area contributed by atoms with Crippen LogP contribution in [0.3, 0.4) is 0 Å². The highest BCUT2D eigenvalue weighted by Crippen LogP contribution is 2.08. The monoisotopic (exact) mass is 169 g/mol. The van der Waals surface area contributed by atoms with Crippen molar-refractivity contribution >= 4 is 10.8 Å². The van der Waals surface area contributed by atoms with E-state index < -0.39 is 10.8 Å². The Labute approximate surface area is 66.7 Å². The number of nitrogens with zero attached hydrogens (tertiary/aromatic N) is 2. The topological polar surface area (TPSA) is 69.5 Å². The summed E-state index contributed by atoms with van der Waals surface area (Å²) in [5, 5.41) is 14.6. The Morgan fingerprint density at radius 1 is 1.91 bits per heavy atom. The van der Waals surface area contributed by atoms with E-state index >= 15 is 0 Å². The molecule has 5 heteroatoms. The average Bonchev–Trinajstić information content (AvgIpc) is 2.50. The van der Waals surface area contributed by atoms with Gasteiger partial charge in [0.05, 0.1) is 21.9 Å². The largest absolute Gasteiger partial charge is 0.267 e. The molecule has 11 heavy (non-hydrogen) atoms. The van der Waals surface area contributed by atoms with Crippen LogP contribution in [0.5, 0.6) is 0 Å². The molecule has 0 bridgehead atoms. The number of hydrogen-bond acceptors (Lipinski definition) is 3. The summed E-state index contributed by atoms with van der Waals surface area (Å²) >= 11 is 0. The quantitative estimate of drug-likeness (QED) is 0.697. The Morgan fingerprint density at radius 3 is 3.18 bits per heavy atom. The summed E-state index contributed by atoms with van der Waals surface area (Å²) in [5.74, 6) is 0.508. The third kappa shape index (κ3) is 1.46. The van der Waals surface area contributed by atoms with Crippen molar-refractivity contribution in [1.82, 2.24) is 10.2 Å². The van der Waals surface area contributed by atoms with Crippen molar-refractivity contribution in [1.29, 1.82) is 5.26 Å². The highest BCUT2D eigenvalue weighted by Gasteiger charge is 2.08. The van der Waals surface area contributed by atoms with Crippen LogP contribution in [-0.4, -0.2) is 20.2 Å². The van der Waals surface area contributed by atoms with Crippen LogP contribution in [-0.2, 0) is 10.8 Å². The summed E-state index contributed by atoms with van der Waals surface area (Å²) < 4.78 is 11.2. The first kappa shape index (κ1) is 7.95. The van der Waals surface area contributed by atoms with Gasteiger partial charge >= 0.3 is 0 Å². The number of aromatic nitrogens is 2. The first-order valence-electron chi connectivity index (χ1n) is 3.11. The van der Waals surface area contributed by atoms with E-state index in [0.717, 1.165) is 0 Å². The van der Waals surface area contributed by atoms with Crippen molar-refractivity contribution in [2.45, 2.75) is 11.8 Å². The van der Waals surface area contributed by atoms with E-state index in [0.29, 0.717) is 16.3 Å². The molecular weight excluding hydrogens is 162 g/mol. The lowest BCUT2D eigenvalue weighted by atomic mass is 10.5. The van der Waals surface area contributed by atoms with Crippen LogP contribution in [0.25, 0.3) is 0 Å². The Kier molecular flexibility index (Phi) is 2.39. The van der Waals surface area contributed by atoms with Gasteiger partial charge in [-0.05, 0) is 0 Å². The molecule has 1 heterocycles. The molecule has 0 saturated heterocycles. The van der Waals surface area contributed by atoms with Gasteiger partial charge in [0, 0.05) is 5.75 Å². The number of nitrogens with one attached hydrogen (secondary N) is 1. The predicted molar refractivity (Wildman–Crippen MR) is 40.3 cm³/mol. The van der Waals surface area contributed by atoms with Gasteiger partial charge in [-0.1, -0.05) is 6.92 Å². The second-order valence-corrected chi connectivity index (χ2v) is 3.56. The van der Waals surface area contributed by atoms with Crippen molar-refractivity contribution in [3.8, 4) is 6.07 Å². The predicted octanol–water partition coefficient (Wildman–Crippen LogP) is 0.409. The van der Waals surface area contributed by atoms with Crippen LogP contribution < -0.4 is 0 Å². The minimum absolute atomic E-state index is 0.296. The minimum Gasteiger partial charge on any atom is -0.267 e. The molecule has 0 aliphatic heterocycles. The maximum absolute atomic E-state index is 11.2. The molecule has 1 unspecified atom stereocenters. The third-order valence-corrected chi connectivity index (χ3v) is 2.55. The van der Waals surface area contributed by atoms with Crippen molar-refractivity contribution < 1.29 is 4.21 Å². The van der Waals surface area contributed by atoms with Gasteiger partial charge in [0.2, 0.25) is 0 Å². The fraction of sp³-hybridized carbons (Fsp3) is 0.333. The molecule has 0 aromatic carbocycles. The second kappa shape index (κ2) is 3.30. The number of hydrogen-bond donors (Lipinski definition) is 1. The van der Waals surface area contributed by atoms with Gasteiger partial charge in [-0.3, -0.25) is 9.31 Å². The second-order valence-electron chi connectivity index (χ2n) is 1.86. The SMILES string of the molecule is CCS(=O)c1cn[nH]c1C#N. The van der Waals surface area contributed by atoms with E-state index in [-0.39, 0.29) is 0 Å². The van der Waals surface area contributed by atoms with Crippen LogP contribution >= 0.6 is 0 Å². The Bertz CT molecular complexity index is 312. The Morgan fingerprint density at radius 2 is 2.64 bits per heavy atom. The molecule has 1 N–H and O–H groups in total. The summed E-state index contributed by atoms with van der Waals surface area (Å²) in [6.45, 7) is 1.80. The lowest BCUT2D eigenvalue weighted by Gasteiger charge is -1.91. The van der Waals surface area contributed by atoms with Crippen LogP contribution in [0.4, 0.5) is 0 Å². The van der Waals surface area contributed by atoms with Gasteiger partial charge in [-0.2, -0.15) is 10.4 Å². The van der Waals surface area contributed by atoms with Gasteiger partial charge in [-0.25, -0.2) is 0 Å². The molecular formula is C6H7N3OS. The summed E-state index contributed by atoms with van der Waals surface area (Å²) in [5.41, 5.74) is 0.296.